The Morgan fingerprint density at radius 3 is 2.67 bits per heavy atom. The minimum atomic E-state index is -1.45. The lowest BCUT2D eigenvalue weighted by Crippen LogP contribution is -2.30. The lowest BCUT2D eigenvalue weighted by Gasteiger charge is -2.08. The molecule has 0 fully saturated rings. The summed E-state index contributed by atoms with van der Waals surface area (Å²) in [7, 11) is 0. The van der Waals surface area contributed by atoms with E-state index in [9.17, 15) is 9.59 Å². The minimum Gasteiger partial charge on any atom is -0.479 e. The van der Waals surface area contributed by atoms with E-state index < -0.39 is 12.1 Å². The van der Waals surface area contributed by atoms with Gasteiger partial charge in [0.15, 0.2) is 6.10 Å². The van der Waals surface area contributed by atoms with Gasteiger partial charge in [0, 0.05) is 23.0 Å². The summed E-state index contributed by atoms with van der Waals surface area (Å²) in [5.41, 5.74) is 1.44. The molecule has 0 radical (unpaired) electrons. The predicted molar refractivity (Wildman–Crippen MR) is 69.5 cm³/mol. The fourth-order valence-corrected chi connectivity index (χ4v) is 1.58. The van der Waals surface area contributed by atoms with E-state index in [2.05, 4.69) is 21.2 Å². The van der Waals surface area contributed by atoms with E-state index in [1.165, 1.54) is 0 Å². The maximum atomic E-state index is 11.7. The van der Waals surface area contributed by atoms with Crippen LogP contribution in [0.5, 0.6) is 0 Å². The summed E-state index contributed by atoms with van der Waals surface area (Å²) in [6.07, 6.45) is -1.46. The Kier molecular flexibility index (Phi) is 5.30. The van der Waals surface area contributed by atoms with E-state index >= 15 is 0 Å². The quantitative estimate of drug-likeness (QED) is 0.765. The van der Waals surface area contributed by atoms with Crippen molar-refractivity contribution in [2.45, 2.75) is 19.4 Å². The smallest absolute Gasteiger partial charge is 0.332 e. The van der Waals surface area contributed by atoms with Gasteiger partial charge in [0.2, 0.25) is 0 Å². The molecule has 18 heavy (non-hydrogen) atoms. The number of hydrogen-bond acceptors (Lipinski definition) is 3. The standard InChI is InChI=1S/C12H14BrNO4/c1-7-6-8(2-3-9(7)13)11(16)14-5-4-10(15)12(17)18/h2-3,6,10,15H,4-5H2,1H3,(H,14,16)(H,17,18)/t10-/m0/s1. The number of carbonyl (C=O) groups is 2. The molecule has 0 spiro atoms. The van der Waals surface area contributed by atoms with Gasteiger partial charge in [-0.25, -0.2) is 4.79 Å². The normalized spacial score (nSPS) is 11.9. The third kappa shape index (κ3) is 4.12. The maximum absolute atomic E-state index is 11.7. The van der Waals surface area contributed by atoms with Crippen LogP contribution in [0.3, 0.4) is 0 Å². The van der Waals surface area contributed by atoms with Crippen molar-refractivity contribution in [2.24, 2.45) is 0 Å². The third-order valence-electron chi connectivity index (χ3n) is 2.41. The Hall–Kier alpha value is -1.40. The second-order valence-corrected chi connectivity index (χ2v) is 4.72. The molecule has 0 aromatic heterocycles. The van der Waals surface area contributed by atoms with E-state index in [1.54, 1.807) is 18.2 Å². The lowest BCUT2D eigenvalue weighted by molar-refractivity contribution is -0.146. The van der Waals surface area contributed by atoms with Crippen LogP contribution < -0.4 is 5.32 Å². The highest BCUT2D eigenvalue weighted by atomic mass is 79.9. The molecule has 98 valence electrons. The van der Waals surface area contributed by atoms with Gasteiger partial charge in [0.25, 0.3) is 5.91 Å². The number of carboxylic acid groups (broad SMARTS) is 1. The Bertz CT molecular complexity index is 461. The summed E-state index contributed by atoms with van der Waals surface area (Å²) in [6, 6.07) is 5.17. The van der Waals surface area contributed by atoms with Crippen molar-refractivity contribution in [1.82, 2.24) is 5.32 Å². The average molecular weight is 316 g/mol. The van der Waals surface area contributed by atoms with E-state index in [4.69, 9.17) is 10.2 Å². The van der Waals surface area contributed by atoms with E-state index in [1.807, 2.05) is 6.92 Å². The highest BCUT2D eigenvalue weighted by Gasteiger charge is 2.13. The Balaban J connectivity index is 2.50. The summed E-state index contributed by atoms with van der Waals surface area (Å²) in [4.78, 5) is 22.1. The molecule has 3 N–H and O–H groups in total. The zero-order valence-corrected chi connectivity index (χ0v) is 11.4. The topological polar surface area (TPSA) is 86.6 Å². The highest BCUT2D eigenvalue weighted by molar-refractivity contribution is 9.10. The van der Waals surface area contributed by atoms with Crippen LogP contribution in [0.1, 0.15) is 22.3 Å². The Morgan fingerprint density at radius 2 is 2.11 bits per heavy atom. The predicted octanol–water partition coefficient (Wildman–Crippen LogP) is 1.32. The molecule has 0 aliphatic carbocycles. The Labute approximate surface area is 113 Å². The molecule has 1 rings (SSSR count). The number of aliphatic carboxylic acids is 1. The molecule has 0 aliphatic heterocycles. The molecule has 0 heterocycles. The zero-order chi connectivity index (χ0) is 13.7. The molecule has 1 atom stereocenters. The first-order valence-corrected chi connectivity index (χ1v) is 6.16. The van der Waals surface area contributed by atoms with E-state index in [0.29, 0.717) is 5.56 Å². The molecule has 0 saturated carbocycles. The second kappa shape index (κ2) is 6.51. The van der Waals surface area contributed by atoms with Crippen LogP contribution in [0.15, 0.2) is 22.7 Å². The van der Waals surface area contributed by atoms with Crippen LogP contribution in [-0.4, -0.2) is 34.7 Å². The number of carbonyl (C=O) groups excluding carboxylic acids is 1. The zero-order valence-electron chi connectivity index (χ0n) is 9.81. The number of halogens is 1. The van der Waals surface area contributed by atoms with Crippen molar-refractivity contribution < 1.29 is 19.8 Å². The van der Waals surface area contributed by atoms with Crippen LogP contribution in [0.4, 0.5) is 0 Å². The van der Waals surface area contributed by atoms with Crippen LogP contribution in [0, 0.1) is 6.92 Å². The van der Waals surface area contributed by atoms with Crippen LogP contribution in [0.2, 0.25) is 0 Å². The number of aryl methyl sites for hydroxylation is 1. The van der Waals surface area contributed by atoms with Crippen LogP contribution in [-0.2, 0) is 4.79 Å². The van der Waals surface area contributed by atoms with Gasteiger partial charge in [0.05, 0.1) is 0 Å². The molecule has 6 heteroatoms. The molecule has 0 unspecified atom stereocenters. The molecule has 1 aromatic rings. The van der Waals surface area contributed by atoms with E-state index in [0.717, 1.165) is 10.0 Å². The molecular weight excluding hydrogens is 302 g/mol. The molecule has 0 saturated heterocycles. The number of rotatable bonds is 5. The first-order chi connectivity index (χ1) is 8.41. The number of aliphatic hydroxyl groups is 1. The van der Waals surface area contributed by atoms with Crippen molar-refractivity contribution in [1.29, 1.82) is 0 Å². The van der Waals surface area contributed by atoms with Crippen molar-refractivity contribution in [3.63, 3.8) is 0 Å². The number of benzene rings is 1. The molecule has 1 aromatic carbocycles. The number of amides is 1. The van der Waals surface area contributed by atoms with Crippen molar-refractivity contribution >= 4 is 27.8 Å². The molecule has 0 aliphatic rings. The fourth-order valence-electron chi connectivity index (χ4n) is 1.33. The van der Waals surface area contributed by atoms with Gasteiger partial charge in [-0.3, -0.25) is 4.79 Å². The number of carboxylic acids is 1. The van der Waals surface area contributed by atoms with Crippen molar-refractivity contribution in [3.05, 3.63) is 33.8 Å². The lowest BCUT2D eigenvalue weighted by atomic mass is 10.1. The molecule has 0 bridgehead atoms. The molecule has 5 nitrogen and oxygen atoms in total. The first-order valence-electron chi connectivity index (χ1n) is 5.37. The van der Waals surface area contributed by atoms with Crippen molar-refractivity contribution in [2.75, 3.05) is 6.54 Å². The molecule has 1 amide bonds. The first kappa shape index (κ1) is 14.7. The van der Waals surface area contributed by atoms with Crippen molar-refractivity contribution in [3.8, 4) is 0 Å². The largest absolute Gasteiger partial charge is 0.479 e. The fraction of sp³-hybridized carbons (Fsp3) is 0.333. The summed E-state index contributed by atoms with van der Waals surface area (Å²) in [6.45, 7) is 1.98. The van der Waals surface area contributed by atoms with Gasteiger partial charge in [-0.1, -0.05) is 15.9 Å². The summed E-state index contributed by atoms with van der Waals surface area (Å²) >= 11 is 3.34. The monoisotopic (exact) mass is 315 g/mol. The molecular formula is C12H14BrNO4. The number of nitrogens with one attached hydrogen (secondary N) is 1. The third-order valence-corrected chi connectivity index (χ3v) is 3.30. The Morgan fingerprint density at radius 1 is 1.44 bits per heavy atom. The number of aliphatic hydroxyl groups excluding tert-OH is 1. The average Bonchev–Trinajstić information content (AvgIpc) is 2.32. The second-order valence-electron chi connectivity index (χ2n) is 3.86. The van der Waals surface area contributed by atoms with Crippen LogP contribution in [0.25, 0.3) is 0 Å². The summed E-state index contributed by atoms with van der Waals surface area (Å²) in [5.74, 6) is -1.58. The van der Waals surface area contributed by atoms with E-state index in [-0.39, 0.29) is 18.9 Å². The van der Waals surface area contributed by atoms with Gasteiger partial charge >= 0.3 is 5.97 Å². The van der Waals surface area contributed by atoms with Gasteiger partial charge in [0.1, 0.15) is 0 Å². The maximum Gasteiger partial charge on any atom is 0.332 e. The SMILES string of the molecule is Cc1cc(C(=O)NCC[C@H](O)C(=O)O)ccc1Br. The highest BCUT2D eigenvalue weighted by Crippen LogP contribution is 2.16. The van der Waals surface area contributed by atoms with Gasteiger partial charge in [-0.2, -0.15) is 0 Å². The van der Waals surface area contributed by atoms with Gasteiger partial charge in [-0.15, -0.1) is 0 Å². The summed E-state index contributed by atoms with van der Waals surface area (Å²) in [5, 5.41) is 20.1. The summed E-state index contributed by atoms with van der Waals surface area (Å²) < 4.78 is 0.917. The minimum absolute atomic E-state index is 0.0173. The van der Waals surface area contributed by atoms with Gasteiger partial charge in [-0.05, 0) is 30.7 Å². The van der Waals surface area contributed by atoms with Crippen LogP contribution >= 0.6 is 15.9 Å². The van der Waals surface area contributed by atoms with Gasteiger partial charge < -0.3 is 15.5 Å². The number of hydrogen-bond donors (Lipinski definition) is 3.